The average Bonchev–Trinajstić information content (AvgIpc) is 3.48. The molecule has 0 radical (unpaired) electrons. The summed E-state index contributed by atoms with van der Waals surface area (Å²) in [6.45, 7) is 6.20. The van der Waals surface area contributed by atoms with Crippen LogP contribution in [0.15, 0.2) is 92.8 Å². The van der Waals surface area contributed by atoms with Gasteiger partial charge in [-0.1, -0.05) is 52.6 Å². The highest BCUT2D eigenvalue weighted by molar-refractivity contribution is 7.94. The topological polar surface area (TPSA) is 34.1 Å². The number of thiazole rings is 2. The monoisotopic (exact) mass is 604 g/mol. The maximum Gasteiger partial charge on any atom is 0.263 e. The van der Waals surface area contributed by atoms with Crippen molar-refractivity contribution in [3.63, 3.8) is 0 Å². The average molecular weight is 605 g/mol. The fourth-order valence-electron chi connectivity index (χ4n) is 5.43. The molecule has 2 heterocycles. The molecule has 0 saturated heterocycles. The molecule has 1 unspecified atom stereocenters. The number of aromatic nitrogens is 2. The minimum atomic E-state index is -0.985. The molecule has 0 saturated carbocycles. The van der Waals surface area contributed by atoms with E-state index in [1.54, 1.807) is 24.7 Å². The molecule has 204 valence electrons. The lowest BCUT2D eigenvalue weighted by atomic mass is 9.85. The van der Waals surface area contributed by atoms with E-state index in [0.717, 1.165) is 41.2 Å². The summed E-state index contributed by atoms with van der Waals surface area (Å²) in [6.07, 6.45) is 17.4. The van der Waals surface area contributed by atoms with Crippen molar-refractivity contribution in [1.29, 1.82) is 0 Å². The minimum Gasteiger partial charge on any atom is -0.314 e. The van der Waals surface area contributed by atoms with Crippen LogP contribution in [-0.4, -0.2) is 17.6 Å². The van der Waals surface area contributed by atoms with Gasteiger partial charge in [0.25, 0.3) is 10.0 Å². The van der Waals surface area contributed by atoms with Gasteiger partial charge in [0.15, 0.2) is 0 Å². The van der Waals surface area contributed by atoms with Crippen molar-refractivity contribution in [3.8, 4) is 0 Å². The summed E-state index contributed by atoms with van der Waals surface area (Å²) in [5.41, 5.74) is 7.91. The van der Waals surface area contributed by atoms with Crippen LogP contribution in [0.4, 0.5) is 0 Å². The van der Waals surface area contributed by atoms with E-state index >= 15 is 0 Å². The van der Waals surface area contributed by atoms with Crippen molar-refractivity contribution in [2.45, 2.75) is 49.6 Å². The quantitative estimate of drug-likeness (QED) is 0.159. The number of allylic oxidation sites excluding steroid dienone is 8. The molecular weight excluding hydrogens is 573 g/mol. The Morgan fingerprint density at radius 1 is 0.875 bits per heavy atom. The van der Waals surface area contributed by atoms with Gasteiger partial charge in [-0.15, -0.1) is 0 Å². The van der Waals surface area contributed by atoms with E-state index < -0.39 is 10.8 Å². The molecule has 1 atom stereocenters. The Hall–Kier alpha value is -2.62. The SMILES string of the molecule is CC[n+]1c(C=C2C=CC3=C(C2)CC(=Cc2sc4ccc(S(C)=O)cc4[n+]2CC)C=C3)sc2ccc(SOC)cc21. The van der Waals surface area contributed by atoms with Crippen LogP contribution in [0, 0.1) is 0 Å². The molecule has 0 fully saturated rings. The van der Waals surface area contributed by atoms with Crippen molar-refractivity contribution in [2.75, 3.05) is 13.4 Å². The first-order chi connectivity index (χ1) is 19.5. The summed E-state index contributed by atoms with van der Waals surface area (Å²) in [5, 5.41) is 2.52. The number of rotatable bonds is 7. The first-order valence-electron chi connectivity index (χ1n) is 13.4. The Morgan fingerprint density at radius 2 is 1.45 bits per heavy atom. The zero-order valence-corrected chi connectivity index (χ0v) is 26.4. The van der Waals surface area contributed by atoms with E-state index in [0.29, 0.717) is 0 Å². The Balaban J connectivity index is 1.27. The van der Waals surface area contributed by atoms with Gasteiger partial charge in [-0.05, 0) is 67.7 Å². The molecule has 4 nitrogen and oxygen atoms in total. The number of nitrogens with zero attached hydrogens (tertiary/aromatic N) is 2. The second-order valence-electron chi connectivity index (χ2n) is 9.85. The van der Waals surface area contributed by atoms with Gasteiger partial charge in [-0.25, -0.2) is 0 Å². The van der Waals surface area contributed by atoms with Gasteiger partial charge < -0.3 is 4.18 Å². The van der Waals surface area contributed by atoms with Gasteiger partial charge in [0.05, 0.1) is 17.9 Å². The first-order valence-corrected chi connectivity index (χ1v) is 17.4. The summed E-state index contributed by atoms with van der Waals surface area (Å²) in [7, 11) is 0.726. The second-order valence-corrected chi connectivity index (χ2v) is 14.3. The van der Waals surface area contributed by atoms with Gasteiger partial charge in [-0.3, -0.25) is 4.21 Å². The van der Waals surface area contributed by atoms with E-state index in [9.17, 15) is 4.21 Å². The molecule has 0 N–H and O–H groups in total. The van der Waals surface area contributed by atoms with Crippen LogP contribution in [0.3, 0.4) is 0 Å². The molecule has 4 aromatic rings. The minimum absolute atomic E-state index is 0.879. The molecule has 8 heteroatoms. The Bertz CT molecular complexity index is 1820. The highest BCUT2D eigenvalue weighted by atomic mass is 32.2. The Morgan fingerprint density at radius 3 is 2.00 bits per heavy atom. The van der Waals surface area contributed by atoms with Crippen LogP contribution in [0.1, 0.15) is 36.7 Å². The predicted octanol–water partition coefficient (Wildman–Crippen LogP) is 7.81. The molecular formula is C32H32N2O2S4+2. The molecule has 2 aromatic carbocycles. The number of benzene rings is 2. The Labute approximate surface area is 250 Å². The number of aryl methyl sites for hydroxylation is 2. The third-order valence-corrected chi connectivity index (χ3v) is 11.1. The maximum absolute atomic E-state index is 12.1. The molecule has 2 aliphatic carbocycles. The van der Waals surface area contributed by atoms with Crippen molar-refractivity contribution in [1.82, 2.24) is 0 Å². The van der Waals surface area contributed by atoms with E-state index in [1.165, 1.54) is 59.3 Å². The van der Waals surface area contributed by atoms with Crippen LogP contribution in [0.25, 0.3) is 32.6 Å². The summed E-state index contributed by atoms with van der Waals surface area (Å²) in [6, 6.07) is 12.7. The fraction of sp³-hybridized carbons (Fsp3) is 0.250. The molecule has 0 bridgehead atoms. The zero-order chi connectivity index (χ0) is 27.8. The van der Waals surface area contributed by atoms with Gasteiger partial charge >= 0.3 is 0 Å². The number of hydrogen-bond acceptors (Lipinski definition) is 5. The number of fused-ring (bicyclic) bond motifs is 2. The number of hydrogen-bond donors (Lipinski definition) is 0. The van der Waals surface area contributed by atoms with E-state index in [2.05, 4.69) is 89.8 Å². The molecule has 2 aromatic heterocycles. The van der Waals surface area contributed by atoms with Crippen molar-refractivity contribution in [2.24, 2.45) is 0 Å². The lowest BCUT2D eigenvalue weighted by molar-refractivity contribution is -0.665. The molecule has 2 aliphatic rings. The molecule has 40 heavy (non-hydrogen) atoms. The smallest absolute Gasteiger partial charge is 0.263 e. The predicted molar refractivity (Wildman–Crippen MR) is 171 cm³/mol. The van der Waals surface area contributed by atoms with E-state index in [-0.39, 0.29) is 0 Å². The van der Waals surface area contributed by atoms with Gasteiger partial charge in [0.1, 0.15) is 22.5 Å². The summed E-state index contributed by atoms with van der Waals surface area (Å²) >= 11 is 5.06. The molecule has 0 spiro atoms. The maximum atomic E-state index is 12.1. The molecule has 6 rings (SSSR count). The van der Waals surface area contributed by atoms with Crippen LogP contribution in [-0.2, 0) is 28.1 Å². The lowest BCUT2D eigenvalue weighted by Crippen LogP contribution is -2.33. The standard InChI is InChI=1S/C32H32N2O2S4/c1-5-33-27-19-25(39-36-3)11-13-29(27)37-31(33)17-21-7-9-23-10-8-22(16-24(23)15-21)18-32-34(6-2)28-20-26(40(4)35)12-14-30(28)38-32/h7-14,17-20H,5-6,15-16H2,1-4H3/q+2. The summed E-state index contributed by atoms with van der Waals surface area (Å²) < 4.78 is 24.6. The van der Waals surface area contributed by atoms with Gasteiger partial charge in [0, 0.05) is 52.4 Å². The van der Waals surface area contributed by atoms with E-state index in [1.807, 2.05) is 17.4 Å². The van der Waals surface area contributed by atoms with E-state index in [4.69, 9.17) is 4.18 Å². The first kappa shape index (κ1) is 27.5. The zero-order valence-electron chi connectivity index (χ0n) is 23.1. The van der Waals surface area contributed by atoms with Gasteiger partial charge in [0.2, 0.25) is 11.0 Å². The fourth-order valence-corrected chi connectivity index (χ4v) is 8.81. The second kappa shape index (κ2) is 11.7. The van der Waals surface area contributed by atoms with Crippen molar-refractivity contribution in [3.05, 3.63) is 93.0 Å². The Kier molecular flexibility index (Phi) is 8.06. The molecule has 0 amide bonds. The third-order valence-electron chi connectivity index (χ3n) is 7.36. The highest BCUT2D eigenvalue weighted by Crippen LogP contribution is 2.36. The summed E-state index contributed by atoms with van der Waals surface area (Å²) in [4.78, 5) is 2.00. The van der Waals surface area contributed by atoms with Crippen molar-refractivity contribution >= 4 is 78.1 Å². The lowest BCUT2D eigenvalue weighted by Gasteiger charge is -2.20. The largest absolute Gasteiger partial charge is 0.314 e. The third kappa shape index (κ3) is 5.35. The van der Waals surface area contributed by atoms with Crippen LogP contribution < -0.4 is 9.13 Å². The van der Waals surface area contributed by atoms with Crippen LogP contribution in [0.5, 0.6) is 0 Å². The van der Waals surface area contributed by atoms with Crippen LogP contribution in [0.2, 0.25) is 0 Å². The van der Waals surface area contributed by atoms with Crippen LogP contribution >= 0.6 is 34.7 Å². The molecule has 0 aliphatic heterocycles. The highest BCUT2D eigenvalue weighted by Gasteiger charge is 2.23. The van der Waals surface area contributed by atoms with Gasteiger partial charge in [-0.2, -0.15) is 9.13 Å². The van der Waals surface area contributed by atoms with Crippen molar-refractivity contribution < 1.29 is 17.5 Å². The summed E-state index contributed by atoms with van der Waals surface area (Å²) in [5.74, 6) is 0. The normalized spacial score (nSPS) is 18.0.